The molecule has 1 unspecified atom stereocenters. The first kappa shape index (κ1) is 16.2. The second kappa shape index (κ2) is 7.22. The molecule has 0 heterocycles. The molecular formula is C17H18O4S. The van der Waals surface area contributed by atoms with E-state index in [2.05, 4.69) is 0 Å². The van der Waals surface area contributed by atoms with Gasteiger partial charge in [-0.3, -0.25) is 0 Å². The van der Waals surface area contributed by atoms with Gasteiger partial charge in [-0.2, -0.15) is 0 Å². The lowest BCUT2D eigenvalue weighted by Gasteiger charge is -2.18. The van der Waals surface area contributed by atoms with E-state index in [-0.39, 0.29) is 11.3 Å². The van der Waals surface area contributed by atoms with Crippen molar-refractivity contribution < 1.29 is 17.9 Å². The average molecular weight is 318 g/mol. The molecule has 0 aromatic heterocycles. The zero-order valence-electron chi connectivity index (χ0n) is 12.3. The highest BCUT2D eigenvalue weighted by molar-refractivity contribution is 7.92. The third kappa shape index (κ3) is 3.74. The summed E-state index contributed by atoms with van der Waals surface area (Å²) in [7, 11) is -3.71. The fraction of sp³-hybridized carbons (Fsp3) is 0.235. The van der Waals surface area contributed by atoms with Gasteiger partial charge in [0.2, 0.25) is 15.3 Å². The zero-order chi connectivity index (χ0) is 16.0. The molecule has 0 bridgehead atoms. The highest BCUT2D eigenvalue weighted by Crippen LogP contribution is 2.21. The van der Waals surface area contributed by atoms with Gasteiger partial charge in [-0.1, -0.05) is 49.7 Å². The molecule has 116 valence electrons. The molecule has 2 rings (SSSR count). The van der Waals surface area contributed by atoms with E-state index in [0.29, 0.717) is 12.0 Å². The summed E-state index contributed by atoms with van der Waals surface area (Å²) >= 11 is 0. The molecule has 5 heteroatoms. The summed E-state index contributed by atoms with van der Waals surface area (Å²) in [5.41, 5.74) is -0.834. The third-order valence-corrected chi connectivity index (χ3v) is 5.14. The highest BCUT2D eigenvalue weighted by atomic mass is 32.2. The number of hydrogen-bond acceptors (Lipinski definition) is 4. The van der Waals surface area contributed by atoms with Crippen LogP contribution in [0.4, 0.5) is 0 Å². The molecule has 0 amide bonds. The maximum atomic E-state index is 12.6. The molecule has 0 spiro atoms. The Morgan fingerprint density at radius 3 is 2.09 bits per heavy atom. The summed E-state index contributed by atoms with van der Waals surface area (Å²) in [5, 5.41) is 0. The van der Waals surface area contributed by atoms with E-state index in [0.717, 1.165) is 0 Å². The van der Waals surface area contributed by atoms with Gasteiger partial charge in [-0.25, -0.2) is 13.2 Å². The van der Waals surface area contributed by atoms with Crippen LogP contribution in [0.15, 0.2) is 65.6 Å². The van der Waals surface area contributed by atoms with E-state index in [1.165, 1.54) is 12.1 Å². The predicted octanol–water partition coefficient (Wildman–Crippen LogP) is 3.44. The van der Waals surface area contributed by atoms with E-state index in [1.54, 1.807) is 48.5 Å². The monoisotopic (exact) mass is 318 g/mol. The van der Waals surface area contributed by atoms with Crippen LogP contribution in [0.2, 0.25) is 0 Å². The SMILES string of the molecule is CCCC(OC(=O)c1ccccc1)S(=O)(=O)c1ccccc1. The van der Waals surface area contributed by atoms with E-state index >= 15 is 0 Å². The van der Waals surface area contributed by atoms with Gasteiger partial charge in [-0.05, 0) is 30.7 Å². The van der Waals surface area contributed by atoms with Gasteiger partial charge in [0.15, 0.2) is 0 Å². The van der Waals surface area contributed by atoms with Crippen molar-refractivity contribution in [2.24, 2.45) is 0 Å². The van der Waals surface area contributed by atoms with E-state index in [4.69, 9.17) is 4.74 Å². The number of sulfone groups is 1. The maximum absolute atomic E-state index is 12.6. The van der Waals surface area contributed by atoms with Crippen LogP contribution in [0.3, 0.4) is 0 Å². The lowest BCUT2D eigenvalue weighted by Crippen LogP contribution is -2.27. The van der Waals surface area contributed by atoms with Crippen LogP contribution in [-0.2, 0) is 14.6 Å². The van der Waals surface area contributed by atoms with Crippen LogP contribution < -0.4 is 0 Å². The number of ether oxygens (including phenoxy) is 1. The maximum Gasteiger partial charge on any atom is 0.339 e. The number of carbonyl (C=O) groups excluding carboxylic acids is 1. The van der Waals surface area contributed by atoms with Crippen LogP contribution in [0.5, 0.6) is 0 Å². The molecule has 2 aromatic carbocycles. The number of rotatable bonds is 6. The van der Waals surface area contributed by atoms with Gasteiger partial charge in [0, 0.05) is 0 Å². The summed E-state index contributed by atoms with van der Waals surface area (Å²) < 4.78 is 30.5. The van der Waals surface area contributed by atoms with Crippen LogP contribution in [0.1, 0.15) is 30.1 Å². The van der Waals surface area contributed by atoms with Crippen LogP contribution in [0.25, 0.3) is 0 Å². The molecule has 0 aliphatic rings. The molecule has 4 nitrogen and oxygen atoms in total. The fourth-order valence-electron chi connectivity index (χ4n) is 2.04. The Morgan fingerprint density at radius 2 is 1.55 bits per heavy atom. The molecule has 0 fully saturated rings. The number of benzene rings is 2. The Balaban J connectivity index is 2.25. The fourth-order valence-corrected chi connectivity index (χ4v) is 3.64. The quantitative estimate of drug-likeness (QED) is 0.765. The molecule has 0 aliphatic carbocycles. The molecule has 0 saturated heterocycles. The van der Waals surface area contributed by atoms with Crippen molar-refractivity contribution in [3.63, 3.8) is 0 Å². The minimum Gasteiger partial charge on any atom is -0.442 e. The van der Waals surface area contributed by atoms with Crippen molar-refractivity contribution in [3.8, 4) is 0 Å². The van der Waals surface area contributed by atoms with Crippen molar-refractivity contribution in [1.29, 1.82) is 0 Å². The lowest BCUT2D eigenvalue weighted by molar-refractivity contribution is 0.0431. The van der Waals surface area contributed by atoms with Crippen molar-refractivity contribution in [3.05, 3.63) is 66.2 Å². The molecular weight excluding hydrogens is 300 g/mol. The van der Waals surface area contributed by atoms with Crippen LogP contribution in [-0.4, -0.2) is 19.8 Å². The Kier molecular flexibility index (Phi) is 5.33. The van der Waals surface area contributed by atoms with Gasteiger partial charge in [-0.15, -0.1) is 0 Å². The van der Waals surface area contributed by atoms with Crippen molar-refractivity contribution >= 4 is 15.8 Å². The Bertz CT molecular complexity index is 709. The summed E-state index contributed by atoms with van der Waals surface area (Å²) in [4.78, 5) is 12.3. The van der Waals surface area contributed by atoms with Crippen molar-refractivity contribution in [1.82, 2.24) is 0 Å². The lowest BCUT2D eigenvalue weighted by atomic mass is 10.2. The van der Waals surface area contributed by atoms with Gasteiger partial charge in [0.1, 0.15) is 0 Å². The number of carbonyl (C=O) groups is 1. The van der Waals surface area contributed by atoms with Crippen LogP contribution in [0, 0.1) is 0 Å². The second-order valence-electron chi connectivity index (χ2n) is 4.85. The highest BCUT2D eigenvalue weighted by Gasteiger charge is 2.30. The molecule has 0 radical (unpaired) electrons. The smallest absolute Gasteiger partial charge is 0.339 e. The average Bonchev–Trinajstić information content (AvgIpc) is 2.56. The predicted molar refractivity (Wildman–Crippen MR) is 84.2 cm³/mol. The van der Waals surface area contributed by atoms with Gasteiger partial charge >= 0.3 is 5.97 Å². The first-order chi connectivity index (χ1) is 10.6. The van der Waals surface area contributed by atoms with Gasteiger partial charge < -0.3 is 4.74 Å². The number of hydrogen-bond donors (Lipinski definition) is 0. The van der Waals surface area contributed by atoms with Gasteiger partial charge in [0.05, 0.1) is 10.5 Å². The molecule has 0 N–H and O–H groups in total. The minimum atomic E-state index is -3.71. The first-order valence-electron chi connectivity index (χ1n) is 7.10. The molecule has 2 aromatic rings. The Labute approximate surface area is 130 Å². The standard InChI is InChI=1S/C17H18O4S/c1-2-9-16(21-17(18)14-10-5-3-6-11-14)22(19,20)15-12-7-4-8-13-15/h3-8,10-13,16H,2,9H2,1H3. The Hall–Kier alpha value is -2.14. The summed E-state index contributed by atoms with van der Waals surface area (Å²) in [6, 6.07) is 16.4. The van der Waals surface area contributed by atoms with Crippen LogP contribution >= 0.6 is 0 Å². The molecule has 0 aliphatic heterocycles. The normalized spacial score (nSPS) is 12.6. The summed E-state index contributed by atoms with van der Waals surface area (Å²) in [6.07, 6.45) is 0.856. The zero-order valence-corrected chi connectivity index (χ0v) is 13.1. The van der Waals surface area contributed by atoms with E-state index in [9.17, 15) is 13.2 Å². The van der Waals surface area contributed by atoms with Crippen molar-refractivity contribution in [2.45, 2.75) is 30.1 Å². The largest absolute Gasteiger partial charge is 0.442 e. The Morgan fingerprint density at radius 1 is 1.00 bits per heavy atom. The molecule has 1 atom stereocenters. The number of esters is 1. The van der Waals surface area contributed by atoms with E-state index in [1.807, 2.05) is 6.92 Å². The second-order valence-corrected chi connectivity index (χ2v) is 6.93. The molecule has 22 heavy (non-hydrogen) atoms. The van der Waals surface area contributed by atoms with Crippen molar-refractivity contribution in [2.75, 3.05) is 0 Å². The minimum absolute atomic E-state index is 0.161. The summed E-state index contributed by atoms with van der Waals surface area (Å²) in [5.74, 6) is -0.626. The topological polar surface area (TPSA) is 60.4 Å². The molecule has 0 saturated carbocycles. The summed E-state index contributed by atoms with van der Waals surface area (Å²) in [6.45, 7) is 1.85. The van der Waals surface area contributed by atoms with Gasteiger partial charge in [0.25, 0.3) is 0 Å². The third-order valence-electron chi connectivity index (χ3n) is 3.19. The first-order valence-corrected chi connectivity index (χ1v) is 8.65. The van der Waals surface area contributed by atoms with E-state index < -0.39 is 21.2 Å².